The second-order valence-electron chi connectivity index (χ2n) is 5.72. The largest absolute Gasteiger partial charge is 0.356 e. The SMILES string of the molecule is CN(C[C@@H]1C[C@H](F)CN1Cc1cccs1)c1nccnc1C#N. The number of hydrogen-bond acceptors (Lipinski definition) is 6. The van der Waals surface area contributed by atoms with Gasteiger partial charge in [-0.1, -0.05) is 6.07 Å². The van der Waals surface area contributed by atoms with E-state index in [1.54, 1.807) is 17.5 Å². The predicted molar refractivity (Wildman–Crippen MR) is 88.0 cm³/mol. The van der Waals surface area contributed by atoms with E-state index < -0.39 is 6.17 Å². The number of nitrogens with zero attached hydrogens (tertiary/aromatic N) is 5. The first kappa shape index (κ1) is 15.8. The highest BCUT2D eigenvalue weighted by molar-refractivity contribution is 7.09. The zero-order valence-electron chi connectivity index (χ0n) is 12.9. The molecule has 5 nitrogen and oxygen atoms in total. The quantitative estimate of drug-likeness (QED) is 0.842. The van der Waals surface area contributed by atoms with Crippen molar-refractivity contribution in [2.75, 3.05) is 25.0 Å². The van der Waals surface area contributed by atoms with Crippen molar-refractivity contribution in [2.24, 2.45) is 0 Å². The van der Waals surface area contributed by atoms with Gasteiger partial charge in [-0.2, -0.15) is 5.26 Å². The van der Waals surface area contributed by atoms with Crippen molar-refractivity contribution >= 4 is 17.2 Å². The minimum absolute atomic E-state index is 0.102. The molecule has 0 unspecified atom stereocenters. The number of aromatic nitrogens is 2. The molecular weight excluding hydrogens is 313 g/mol. The van der Waals surface area contributed by atoms with Crippen LogP contribution in [0.25, 0.3) is 0 Å². The molecule has 1 saturated heterocycles. The molecule has 0 bridgehead atoms. The molecule has 0 radical (unpaired) electrons. The van der Waals surface area contributed by atoms with E-state index in [2.05, 4.69) is 27.0 Å². The molecule has 3 rings (SSSR count). The number of halogens is 1. The van der Waals surface area contributed by atoms with Gasteiger partial charge >= 0.3 is 0 Å². The fraction of sp³-hybridized carbons (Fsp3) is 0.438. The molecule has 7 heteroatoms. The van der Waals surface area contributed by atoms with Gasteiger partial charge in [-0.3, -0.25) is 4.90 Å². The molecule has 2 aromatic heterocycles. The highest BCUT2D eigenvalue weighted by Crippen LogP contribution is 2.26. The summed E-state index contributed by atoms with van der Waals surface area (Å²) in [6.45, 7) is 1.85. The zero-order valence-corrected chi connectivity index (χ0v) is 13.7. The Morgan fingerprint density at radius 3 is 3.04 bits per heavy atom. The maximum absolute atomic E-state index is 13.9. The molecule has 2 aromatic rings. The third kappa shape index (κ3) is 3.66. The first-order valence-corrected chi connectivity index (χ1v) is 8.38. The van der Waals surface area contributed by atoms with Gasteiger partial charge in [-0.15, -0.1) is 11.3 Å². The average Bonchev–Trinajstić information content (AvgIpc) is 3.17. The maximum Gasteiger partial charge on any atom is 0.183 e. The number of anilines is 1. The van der Waals surface area contributed by atoms with E-state index in [1.807, 2.05) is 23.4 Å². The summed E-state index contributed by atoms with van der Waals surface area (Å²) in [6, 6.07) is 6.25. The van der Waals surface area contributed by atoms with Crippen LogP contribution in [0.3, 0.4) is 0 Å². The van der Waals surface area contributed by atoms with Gasteiger partial charge in [0.1, 0.15) is 12.2 Å². The third-order valence-corrected chi connectivity index (χ3v) is 4.91. The molecule has 3 heterocycles. The maximum atomic E-state index is 13.9. The van der Waals surface area contributed by atoms with Crippen LogP contribution in [0.5, 0.6) is 0 Å². The molecule has 2 atom stereocenters. The highest BCUT2D eigenvalue weighted by atomic mass is 32.1. The molecule has 1 aliphatic heterocycles. The van der Waals surface area contributed by atoms with Crippen LogP contribution in [0.1, 0.15) is 17.0 Å². The van der Waals surface area contributed by atoms with Crippen molar-refractivity contribution in [3.63, 3.8) is 0 Å². The predicted octanol–water partition coefficient (Wildman–Crippen LogP) is 2.46. The highest BCUT2D eigenvalue weighted by Gasteiger charge is 2.33. The van der Waals surface area contributed by atoms with Gasteiger partial charge in [-0.05, 0) is 17.9 Å². The van der Waals surface area contributed by atoms with Gasteiger partial charge < -0.3 is 4.90 Å². The number of thiophene rings is 1. The van der Waals surface area contributed by atoms with Crippen LogP contribution in [0.4, 0.5) is 10.2 Å². The topological polar surface area (TPSA) is 56.1 Å². The fourth-order valence-corrected chi connectivity index (χ4v) is 3.73. The Kier molecular flexibility index (Phi) is 4.84. The third-order valence-electron chi connectivity index (χ3n) is 4.05. The molecule has 23 heavy (non-hydrogen) atoms. The van der Waals surface area contributed by atoms with Gasteiger partial charge in [-0.25, -0.2) is 14.4 Å². The van der Waals surface area contributed by atoms with Gasteiger partial charge in [0.05, 0.1) is 0 Å². The molecule has 120 valence electrons. The van der Waals surface area contributed by atoms with Crippen molar-refractivity contribution in [2.45, 2.75) is 25.2 Å². The summed E-state index contributed by atoms with van der Waals surface area (Å²) in [6.07, 6.45) is 2.79. The minimum Gasteiger partial charge on any atom is -0.356 e. The summed E-state index contributed by atoms with van der Waals surface area (Å²) < 4.78 is 13.9. The van der Waals surface area contributed by atoms with E-state index in [0.29, 0.717) is 31.0 Å². The smallest absolute Gasteiger partial charge is 0.183 e. The second kappa shape index (κ2) is 7.02. The van der Waals surface area contributed by atoms with E-state index in [0.717, 1.165) is 6.54 Å². The Hall–Kier alpha value is -2.04. The normalized spacial score (nSPS) is 21.3. The summed E-state index contributed by atoms with van der Waals surface area (Å²) in [7, 11) is 1.87. The average molecular weight is 331 g/mol. The Morgan fingerprint density at radius 1 is 1.48 bits per heavy atom. The zero-order chi connectivity index (χ0) is 16.2. The van der Waals surface area contributed by atoms with Crippen LogP contribution < -0.4 is 4.90 Å². The summed E-state index contributed by atoms with van der Waals surface area (Å²) in [5.74, 6) is 0.549. The Morgan fingerprint density at radius 2 is 2.30 bits per heavy atom. The molecule has 1 aliphatic rings. The lowest BCUT2D eigenvalue weighted by atomic mass is 10.2. The monoisotopic (exact) mass is 331 g/mol. The van der Waals surface area contributed by atoms with E-state index >= 15 is 0 Å². The van der Waals surface area contributed by atoms with Crippen LogP contribution in [0, 0.1) is 11.3 Å². The minimum atomic E-state index is -0.800. The molecule has 0 N–H and O–H groups in total. The molecule has 0 saturated carbocycles. The van der Waals surface area contributed by atoms with E-state index in [9.17, 15) is 4.39 Å². The fourth-order valence-electron chi connectivity index (χ4n) is 3.00. The van der Waals surface area contributed by atoms with Gasteiger partial charge in [0, 0.05) is 50.0 Å². The van der Waals surface area contributed by atoms with Crippen molar-refractivity contribution in [3.05, 3.63) is 40.5 Å². The van der Waals surface area contributed by atoms with E-state index in [-0.39, 0.29) is 6.04 Å². The molecule has 0 amide bonds. The standard InChI is InChI=1S/C16H18FN5S/c1-21(16-15(8-18)19-4-5-20-16)10-13-7-12(17)9-22(13)11-14-3-2-6-23-14/h2-6,12-13H,7,9-11H2,1H3/t12-,13-/m0/s1. The first-order chi connectivity index (χ1) is 11.2. The Labute approximate surface area is 139 Å². The molecule has 0 aromatic carbocycles. The molecule has 0 aliphatic carbocycles. The number of alkyl halides is 1. The second-order valence-corrected chi connectivity index (χ2v) is 6.75. The number of nitriles is 1. The van der Waals surface area contributed by atoms with Crippen molar-refractivity contribution in [1.82, 2.24) is 14.9 Å². The lowest BCUT2D eigenvalue weighted by molar-refractivity contribution is 0.239. The van der Waals surface area contributed by atoms with Crippen molar-refractivity contribution in [1.29, 1.82) is 5.26 Å². The Balaban J connectivity index is 1.71. The van der Waals surface area contributed by atoms with Gasteiger partial charge in [0.25, 0.3) is 0 Å². The molecular formula is C16H18FN5S. The van der Waals surface area contributed by atoms with Crippen molar-refractivity contribution < 1.29 is 4.39 Å². The summed E-state index contributed by atoms with van der Waals surface area (Å²) >= 11 is 1.69. The van der Waals surface area contributed by atoms with E-state index in [4.69, 9.17) is 5.26 Å². The lowest BCUT2D eigenvalue weighted by Crippen LogP contribution is -2.39. The van der Waals surface area contributed by atoms with Crippen LogP contribution in [-0.2, 0) is 6.54 Å². The number of likely N-dealkylation sites (N-methyl/N-ethyl adjacent to an activating group) is 1. The molecule has 0 spiro atoms. The summed E-state index contributed by atoms with van der Waals surface area (Å²) in [4.78, 5) is 13.6. The number of rotatable bonds is 5. The van der Waals surface area contributed by atoms with Gasteiger partial charge in [0.15, 0.2) is 11.5 Å². The Bertz CT molecular complexity index is 684. The number of likely N-dealkylation sites (tertiary alicyclic amines) is 1. The van der Waals surface area contributed by atoms with Crippen LogP contribution >= 0.6 is 11.3 Å². The molecule has 1 fully saturated rings. The summed E-state index contributed by atoms with van der Waals surface area (Å²) in [5.41, 5.74) is 0.301. The first-order valence-electron chi connectivity index (χ1n) is 7.50. The van der Waals surface area contributed by atoms with Gasteiger partial charge in [0.2, 0.25) is 0 Å². The lowest BCUT2D eigenvalue weighted by Gasteiger charge is -2.28. The van der Waals surface area contributed by atoms with Crippen LogP contribution in [0.2, 0.25) is 0 Å². The van der Waals surface area contributed by atoms with Crippen molar-refractivity contribution in [3.8, 4) is 6.07 Å². The van der Waals surface area contributed by atoms with E-state index in [1.165, 1.54) is 11.1 Å². The summed E-state index contributed by atoms with van der Waals surface area (Å²) in [5, 5.41) is 11.2. The van der Waals surface area contributed by atoms with Crippen LogP contribution in [-0.4, -0.2) is 47.2 Å². The van der Waals surface area contributed by atoms with Crippen LogP contribution in [0.15, 0.2) is 29.9 Å². The number of hydrogen-bond donors (Lipinski definition) is 0.